The van der Waals surface area contributed by atoms with Crippen molar-refractivity contribution in [2.45, 2.75) is 40.0 Å². The van der Waals surface area contributed by atoms with Crippen LogP contribution in [0.3, 0.4) is 0 Å². The maximum atomic E-state index is 5.46. The van der Waals surface area contributed by atoms with Gasteiger partial charge in [0.25, 0.3) is 0 Å². The van der Waals surface area contributed by atoms with Gasteiger partial charge in [-0.15, -0.1) is 0 Å². The van der Waals surface area contributed by atoms with E-state index in [0.717, 1.165) is 37.4 Å². The van der Waals surface area contributed by atoms with E-state index in [1.807, 2.05) is 12.1 Å². The lowest BCUT2D eigenvalue weighted by Gasteiger charge is -2.25. The van der Waals surface area contributed by atoms with Crippen LogP contribution in [0.25, 0.3) is 0 Å². The van der Waals surface area contributed by atoms with Crippen LogP contribution in [0, 0.1) is 5.41 Å². The molecule has 0 aromatic heterocycles. The third-order valence-corrected chi connectivity index (χ3v) is 3.60. The van der Waals surface area contributed by atoms with Crippen LogP contribution in [0.2, 0.25) is 0 Å². The van der Waals surface area contributed by atoms with Crippen molar-refractivity contribution in [1.29, 1.82) is 0 Å². The molecule has 20 heavy (non-hydrogen) atoms. The molecule has 0 aliphatic rings. The molecule has 0 radical (unpaired) electrons. The van der Waals surface area contributed by atoms with Gasteiger partial charge in [0.1, 0.15) is 11.5 Å². The highest BCUT2D eigenvalue weighted by atomic mass is 16.5. The lowest BCUT2D eigenvalue weighted by Crippen LogP contribution is -2.30. The normalized spacial score (nSPS) is 11.4. The van der Waals surface area contributed by atoms with E-state index in [9.17, 15) is 0 Å². The Hall–Kier alpha value is -1.22. The molecule has 0 bridgehead atoms. The van der Waals surface area contributed by atoms with Gasteiger partial charge in [0.05, 0.1) is 14.2 Å². The van der Waals surface area contributed by atoms with E-state index in [4.69, 9.17) is 9.47 Å². The van der Waals surface area contributed by atoms with Crippen LogP contribution in [0.1, 0.15) is 39.2 Å². The van der Waals surface area contributed by atoms with Crippen molar-refractivity contribution in [1.82, 2.24) is 5.32 Å². The first-order valence-electron chi connectivity index (χ1n) is 7.44. The van der Waals surface area contributed by atoms with Crippen molar-refractivity contribution in [3.63, 3.8) is 0 Å². The summed E-state index contributed by atoms with van der Waals surface area (Å²) in [5.74, 6) is 1.76. The molecule has 3 heteroatoms. The fourth-order valence-corrected chi connectivity index (χ4v) is 2.22. The van der Waals surface area contributed by atoms with Crippen molar-refractivity contribution >= 4 is 0 Å². The zero-order valence-corrected chi connectivity index (χ0v) is 13.6. The van der Waals surface area contributed by atoms with Crippen LogP contribution in [0.15, 0.2) is 18.2 Å². The van der Waals surface area contributed by atoms with Crippen molar-refractivity contribution in [2.24, 2.45) is 5.41 Å². The second kappa shape index (κ2) is 8.15. The minimum atomic E-state index is 0.292. The number of aryl methyl sites for hydroxylation is 1. The van der Waals surface area contributed by atoms with E-state index in [-0.39, 0.29) is 0 Å². The highest BCUT2D eigenvalue weighted by Gasteiger charge is 2.18. The van der Waals surface area contributed by atoms with Crippen molar-refractivity contribution in [2.75, 3.05) is 27.3 Å². The third kappa shape index (κ3) is 5.41. The van der Waals surface area contributed by atoms with Crippen molar-refractivity contribution in [3.05, 3.63) is 23.8 Å². The van der Waals surface area contributed by atoms with Gasteiger partial charge < -0.3 is 14.8 Å². The van der Waals surface area contributed by atoms with Gasteiger partial charge in [-0.25, -0.2) is 0 Å². The average Bonchev–Trinajstić information content (AvgIpc) is 2.45. The molecule has 1 aromatic carbocycles. The molecule has 0 fully saturated rings. The maximum absolute atomic E-state index is 5.46. The Balaban J connectivity index is 2.60. The van der Waals surface area contributed by atoms with Crippen LogP contribution in [-0.2, 0) is 6.42 Å². The molecule has 1 rings (SSSR count). The minimum absolute atomic E-state index is 0.292. The van der Waals surface area contributed by atoms with E-state index >= 15 is 0 Å². The molecule has 0 spiro atoms. The predicted molar refractivity (Wildman–Crippen MR) is 84.8 cm³/mol. The minimum Gasteiger partial charge on any atom is -0.497 e. The predicted octanol–water partition coefficient (Wildman–Crippen LogP) is 3.66. The molecule has 0 unspecified atom stereocenters. The average molecular weight is 279 g/mol. The Bertz CT molecular complexity index is 402. The largest absolute Gasteiger partial charge is 0.497 e. The summed E-state index contributed by atoms with van der Waals surface area (Å²) < 4.78 is 10.7. The van der Waals surface area contributed by atoms with E-state index < -0.39 is 0 Å². The second-order valence-corrected chi connectivity index (χ2v) is 6.02. The van der Waals surface area contributed by atoms with Crippen molar-refractivity contribution in [3.8, 4) is 11.5 Å². The molecule has 3 nitrogen and oxygen atoms in total. The Morgan fingerprint density at radius 1 is 1.15 bits per heavy atom. The third-order valence-electron chi connectivity index (χ3n) is 3.60. The molecule has 1 aromatic rings. The molecular weight excluding hydrogens is 250 g/mol. The summed E-state index contributed by atoms with van der Waals surface area (Å²) in [5, 5.41) is 3.51. The number of benzene rings is 1. The second-order valence-electron chi connectivity index (χ2n) is 6.02. The van der Waals surface area contributed by atoms with E-state index in [1.165, 1.54) is 12.0 Å². The summed E-state index contributed by atoms with van der Waals surface area (Å²) in [7, 11) is 3.39. The lowest BCUT2D eigenvalue weighted by molar-refractivity contribution is 0.312. The number of ether oxygens (including phenoxy) is 2. The van der Waals surface area contributed by atoms with Crippen molar-refractivity contribution < 1.29 is 9.47 Å². The van der Waals surface area contributed by atoms with Crippen LogP contribution in [0.5, 0.6) is 11.5 Å². The molecule has 0 amide bonds. The highest BCUT2D eigenvalue weighted by Crippen LogP contribution is 2.29. The fraction of sp³-hybridized carbons (Fsp3) is 0.647. The first-order chi connectivity index (χ1) is 9.52. The molecule has 0 saturated carbocycles. The SMILES string of the molecule is CCCNCC(C)(C)CCc1ccc(OC)cc1OC. The first-order valence-corrected chi connectivity index (χ1v) is 7.44. The fourth-order valence-electron chi connectivity index (χ4n) is 2.22. The summed E-state index contributed by atoms with van der Waals surface area (Å²) in [6.07, 6.45) is 3.34. The van der Waals surface area contributed by atoms with Crippen LogP contribution < -0.4 is 14.8 Å². The topological polar surface area (TPSA) is 30.5 Å². The molecule has 114 valence electrons. The van der Waals surface area contributed by atoms with Gasteiger partial charge in [-0.3, -0.25) is 0 Å². The summed E-state index contributed by atoms with van der Waals surface area (Å²) in [4.78, 5) is 0. The number of methoxy groups -OCH3 is 2. The van der Waals surface area contributed by atoms with Gasteiger partial charge in [-0.05, 0) is 42.9 Å². The van der Waals surface area contributed by atoms with Crippen LogP contribution >= 0.6 is 0 Å². The Morgan fingerprint density at radius 2 is 1.90 bits per heavy atom. The summed E-state index contributed by atoms with van der Waals surface area (Å²) in [6.45, 7) is 8.97. The zero-order chi connectivity index (χ0) is 15.0. The highest BCUT2D eigenvalue weighted by molar-refractivity contribution is 5.40. The maximum Gasteiger partial charge on any atom is 0.125 e. The molecule has 0 atom stereocenters. The molecule has 0 heterocycles. The number of rotatable bonds is 9. The Morgan fingerprint density at radius 3 is 2.50 bits per heavy atom. The van der Waals surface area contributed by atoms with Gasteiger partial charge in [-0.1, -0.05) is 26.8 Å². The van der Waals surface area contributed by atoms with E-state index in [0.29, 0.717) is 5.41 Å². The standard InChI is InChI=1S/C17H29NO2/c1-6-11-18-13-17(2,3)10-9-14-7-8-15(19-4)12-16(14)20-5/h7-8,12,18H,6,9-11,13H2,1-5H3. The molecular formula is C17H29NO2. The smallest absolute Gasteiger partial charge is 0.125 e. The molecule has 0 aliphatic heterocycles. The lowest BCUT2D eigenvalue weighted by atomic mass is 9.86. The molecule has 0 saturated heterocycles. The Kier molecular flexibility index (Phi) is 6.86. The quantitative estimate of drug-likeness (QED) is 0.700. The zero-order valence-electron chi connectivity index (χ0n) is 13.6. The van der Waals surface area contributed by atoms with Gasteiger partial charge in [-0.2, -0.15) is 0 Å². The van der Waals surface area contributed by atoms with Crippen LogP contribution in [-0.4, -0.2) is 27.3 Å². The monoisotopic (exact) mass is 279 g/mol. The summed E-state index contributed by atoms with van der Waals surface area (Å²) in [5.41, 5.74) is 1.54. The van der Waals surface area contributed by atoms with Gasteiger partial charge in [0.15, 0.2) is 0 Å². The van der Waals surface area contributed by atoms with Gasteiger partial charge in [0, 0.05) is 12.6 Å². The number of hydrogen-bond acceptors (Lipinski definition) is 3. The van der Waals surface area contributed by atoms with Gasteiger partial charge in [0.2, 0.25) is 0 Å². The number of nitrogens with one attached hydrogen (secondary N) is 1. The summed E-state index contributed by atoms with van der Waals surface area (Å²) in [6, 6.07) is 6.06. The van der Waals surface area contributed by atoms with E-state index in [1.54, 1.807) is 14.2 Å². The number of hydrogen-bond donors (Lipinski definition) is 1. The first kappa shape index (κ1) is 16.8. The molecule has 0 aliphatic carbocycles. The van der Waals surface area contributed by atoms with E-state index in [2.05, 4.69) is 32.2 Å². The molecule has 1 N–H and O–H groups in total. The summed E-state index contributed by atoms with van der Waals surface area (Å²) >= 11 is 0. The van der Waals surface area contributed by atoms with Crippen LogP contribution in [0.4, 0.5) is 0 Å². The Labute approximate surface area is 123 Å². The van der Waals surface area contributed by atoms with Gasteiger partial charge >= 0.3 is 0 Å².